The molecule has 0 spiro atoms. The van der Waals surface area contributed by atoms with Gasteiger partial charge in [-0.1, -0.05) is 55.0 Å². The standard InChI is InChI=1S/C27H32N4O/c1-3-30-17-19-31(20-18-30)25-15-13-23(14-16-25)28-26(22-7-5-4-6-8-22)27(32)29-24-11-9-21(2)10-12-24/h4-16,26,28H,3,17-20H2,1-2H3,(H,29,32)/t26-/m1/s1. The van der Waals surface area contributed by atoms with E-state index in [1.807, 2.05) is 61.5 Å². The molecular formula is C27H32N4O. The van der Waals surface area contributed by atoms with Crippen LogP contribution in [0.2, 0.25) is 0 Å². The van der Waals surface area contributed by atoms with Gasteiger partial charge < -0.3 is 20.4 Å². The number of rotatable bonds is 7. The lowest BCUT2D eigenvalue weighted by Gasteiger charge is -2.35. The third-order valence-corrected chi connectivity index (χ3v) is 6.08. The lowest BCUT2D eigenvalue weighted by molar-refractivity contribution is -0.117. The summed E-state index contributed by atoms with van der Waals surface area (Å²) in [5, 5.41) is 6.48. The smallest absolute Gasteiger partial charge is 0.251 e. The third kappa shape index (κ3) is 5.48. The van der Waals surface area contributed by atoms with Gasteiger partial charge in [-0.2, -0.15) is 0 Å². The van der Waals surface area contributed by atoms with Crippen LogP contribution in [0.3, 0.4) is 0 Å². The first kappa shape index (κ1) is 21.9. The van der Waals surface area contributed by atoms with Crippen molar-refractivity contribution < 1.29 is 4.79 Å². The van der Waals surface area contributed by atoms with Crippen LogP contribution in [0, 0.1) is 6.92 Å². The first-order chi connectivity index (χ1) is 15.6. The number of nitrogens with zero attached hydrogens (tertiary/aromatic N) is 2. The molecule has 0 radical (unpaired) electrons. The number of carbonyl (C=O) groups excluding carboxylic acids is 1. The van der Waals surface area contributed by atoms with E-state index in [1.165, 1.54) is 5.69 Å². The average molecular weight is 429 g/mol. The molecule has 3 aromatic rings. The number of hydrogen-bond acceptors (Lipinski definition) is 4. The van der Waals surface area contributed by atoms with Gasteiger partial charge in [-0.3, -0.25) is 4.79 Å². The SMILES string of the molecule is CCN1CCN(c2ccc(N[C@@H](C(=O)Nc3ccc(C)cc3)c3ccccc3)cc2)CC1. The first-order valence-electron chi connectivity index (χ1n) is 11.4. The van der Waals surface area contributed by atoms with Crippen molar-refractivity contribution in [2.24, 2.45) is 0 Å². The summed E-state index contributed by atoms with van der Waals surface area (Å²) in [6.07, 6.45) is 0. The summed E-state index contributed by atoms with van der Waals surface area (Å²) in [7, 11) is 0. The lowest BCUT2D eigenvalue weighted by Crippen LogP contribution is -2.46. The molecule has 1 saturated heterocycles. The summed E-state index contributed by atoms with van der Waals surface area (Å²) in [5.74, 6) is -0.0835. The molecule has 1 aliphatic heterocycles. The Labute approximate surface area is 191 Å². The predicted molar refractivity (Wildman–Crippen MR) is 133 cm³/mol. The van der Waals surface area contributed by atoms with Gasteiger partial charge in [-0.25, -0.2) is 0 Å². The minimum absolute atomic E-state index is 0.0835. The van der Waals surface area contributed by atoms with Gasteiger partial charge in [0, 0.05) is 43.2 Å². The van der Waals surface area contributed by atoms with Gasteiger partial charge in [0.25, 0.3) is 5.91 Å². The van der Waals surface area contributed by atoms with Gasteiger partial charge in [0.15, 0.2) is 0 Å². The second-order valence-electron chi connectivity index (χ2n) is 8.31. The molecule has 5 heteroatoms. The number of piperazine rings is 1. The number of benzene rings is 3. The van der Waals surface area contributed by atoms with Gasteiger partial charge >= 0.3 is 0 Å². The Bertz CT molecular complexity index is 994. The van der Waals surface area contributed by atoms with E-state index in [9.17, 15) is 4.79 Å². The number of likely N-dealkylation sites (N-methyl/N-ethyl adjacent to an activating group) is 1. The van der Waals surface area contributed by atoms with Crippen molar-refractivity contribution in [2.45, 2.75) is 19.9 Å². The second kappa shape index (κ2) is 10.3. The molecule has 0 bridgehead atoms. The summed E-state index contributed by atoms with van der Waals surface area (Å²) in [6.45, 7) is 9.67. The van der Waals surface area contributed by atoms with Crippen LogP contribution in [0.15, 0.2) is 78.9 Å². The van der Waals surface area contributed by atoms with Crippen molar-refractivity contribution in [3.05, 3.63) is 90.0 Å². The third-order valence-electron chi connectivity index (χ3n) is 6.08. The van der Waals surface area contributed by atoms with Crippen LogP contribution >= 0.6 is 0 Å². The maximum atomic E-state index is 13.2. The first-order valence-corrected chi connectivity index (χ1v) is 11.4. The molecule has 3 aromatic carbocycles. The molecule has 2 N–H and O–H groups in total. The van der Waals surface area contributed by atoms with E-state index in [0.29, 0.717) is 0 Å². The van der Waals surface area contributed by atoms with E-state index < -0.39 is 6.04 Å². The summed E-state index contributed by atoms with van der Waals surface area (Å²) in [4.78, 5) is 18.1. The fourth-order valence-corrected chi connectivity index (χ4v) is 4.05. The van der Waals surface area contributed by atoms with E-state index in [4.69, 9.17) is 0 Å². The normalized spacial score (nSPS) is 15.2. The highest BCUT2D eigenvalue weighted by molar-refractivity contribution is 5.97. The molecule has 1 amide bonds. The summed E-state index contributed by atoms with van der Waals surface area (Å²) < 4.78 is 0. The minimum atomic E-state index is -0.489. The Kier molecular flexibility index (Phi) is 7.07. The summed E-state index contributed by atoms with van der Waals surface area (Å²) >= 11 is 0. The number of carbonyl (C=O) groups is 1. The molecule has 1 heterocycles. The molecular weight excluding hydrogens is 396 g/mol. The molecule has 166 valence electrons. The van der Waals surface area contributed by atoms with Gasteiger partial charge in [-0.15, -0.1) is 0 Å². The zero-order valence-corrected chi connectivity index (χ0v) is 18.9. The van der Waals surface area contributed by atoms with Crippen LogP contribution in [0.25, 0.3) is 0 Å². The Morgan fingerprint density at radius 3 is 2.09 bits per heavy atom. The van der Waals surface area contributed by atoms with Gasteiger partial charge in [0.05, 0.1) is 0 Å². The Balaban J connectivity index is 1.47. The zero-order chi connectivity index (χ0) is 22.3. The van der Waals surface area contributed by atoms with Crippen molar-refractivity contribution in [1.29, 1.82) is 0 Å². The largest absolute Gasteiger partial charge is 0.370 e. The van der Waals surface area contributed by atoms with Crippen LogP contribution < -0.4 is 15.5 Å². The maximum absolute atomic E-state index is 13.2. The average Bonchev–Trinajstić information content (AvgIpc) is 2.85. The Morgan fingerprint density at radius 1 is 0.844 bits per heavy atom. The molecule has 1 atom stereocenters. The number of hydrogen-bond donors (Lipinski definition) is 2. The Morgan fingerprint density at radius 2 is 1.47 bits per heavy atom. The van der Waals surface area contributed by atoms with Crippen molar-refractivity contribution >= 4 is 23.0 Å². The molecule has 0 saturated carbocycles. The topological polar surface area (TPSA) is 47.6 Å². The van der Waals surface area contributed by atoms with Crippen molar-refractivity contribution in [2.75, 3.05) is 48.3 Å². The number of amides is 1. The van der Waals surface area contributed by atoms with E-state index in [1.54, 1.807) is 0 Å². The zero-order valence-electron chi connectivity index (χ0n) is 18.9. The van der Waals surface area contributed by atoms with E-state index in [2.05, 4.69) is 51.6 Å². The fourth-order valence-electron chi connectivity index (χ4n) is 4.05. The summed E-state index contributed by atoms with van der Waals surface area (Å²) in [6, 6.07) is 25.6. The number of nitrogens with one attached hydrogen (secondary N) is 2. The quantitative estimate of drug-likeness (QED) is 0.560. The highest BCUT2D eigenvalue weighted by Gasteiger charge is 2.21. The van der Waals surface area contributed by atoms with E-state index in [-0.39, 0.29) is 5.91 Å². The molecule has 5 nitrogen and oxygen atoms in total. The number of aryl methyl sites for hydroxylation is 1. The molecule has 1 aliphatic rings. The lowest BCUT2D eigenvalue weighted by atomic mass is 10.1. The van der Waals surface area contributed by atoms with Crippen LogP contribution in [0.1, 0.15) is 24.1 Å². The molecule has 0 unspecified atom stereocenters. The fraction of sp³-hybridized carbons (Fsp3) is 0.296. The van der Waals surface area contributed by atoms with Crippen LogP contribution in [0.4, 0.5) is 17.1 Å². The second-order valence-corrected chi connectivity index (χ2v) is 8.31. The maximum Gasteiger partial charge on any atom is 0.251 e. The summed E-state index contributed by atoms with van der Waals surface area (Å²) in [5.41, 5.74) is 5.04. The highest BCUT2D eigenvalue weighted by Crippen LogP contribution is 2.25. The van der Waals surface area contributed by atoms with Crippen molar-refractivity contribution in [1.82, 2.24) is 4.90 Å². The van der Waals surface area contributed by atoms with Crippen LogP contribution in [-0.2, 0) is 4.79 Å². The van der Waals surface area contributed by atoms with Gasteiger partial charge in [0.2, 0.25) is 0 Å². The van der Waals surface area contributed by atoms with Gasteiger partial charge in [-0.05, 0) is 55.4 Å². The molecule has 4 rings (SSSR count). The molecule has 0 aromatic heterocycles. The monoisotopic (exact) mass is 428 g/mol. The van der Waals surface area contributed by atoms with Crippen molar-refractivity contribution in [3.63, 3.8) is 0 Å². The molecule has 32 heavy (non-hydrogen) atoms. The van der Waals surface area contributed by atoms with Gasteiger partial charge in [0.1, 0.15) is 6.04 Å². The number of anilines is 3. The highest BCUT2D eigenvalue weighted by atomic mass is 16.2. The Hall–Kier alpha value is -3.31. The van der Waals surface area contributed by atoms with Crippen molar-refractivity contribution in [3.8, 4) is 0 Å². The van der Waals surface area contributed by atoms with E-state index in [0.717, 1.165) is 55.2 Å². The van der Waals surface area contributed by atoms with E-state index >= 15 is 0 Å². The minimum Gasteiger partial charge on any atom is -0.370 e. The molecule has 1 fully saturated rings. The van der Waals surface area contributed by atoms with Crippen LogP contribution in [-0.4, -0.2) is 43.5 Å². The molecule has 0 aliphatic carbocycles. The predicted octanol–water partition coefficient (Wildman–Crippen LogP) is 4.93. The van der Waals surface area contributed by atoms with Crippen LogP contribution in [0.5, 0.6) is 0 Å².